The maximum Gasteiger partial charge on any atom is 0.221 e. The number of ether oxygens (including phenoxy) is 4. The van der Waals surface area contributed by atoms with Crippen LogP contribution in [0.5, 0.6) is 0 Å². The second-order valence-electron chi connectivity index (χ2n) is 5.40. The van der Waals surface area contributed by atoms with Crippen molar-refractivity contribution in [2.24, 2.45) is 0 Å². The van der Waals surface area contributed by atoms with Gasteiger partial charge in [0.2, 0.25) is 18.4 Å². The van der Waals surface area contributed by atoms with Gasteiger partial charge in [-0.15, -0.1) is 0 Å². The van der Waals surface area contributed by atoms with E-state index >= 15 is 0 Å². The maximum absolute atomic E-state index is 11.1. The molecule has 1 aromatic rings. The highest BCUT2D eigenvalue weighted by molar-refractivity contribution is 7.99. The molecule has 0 spiro atoms. The molecule has 0 fully saturated rings. The van der Waals surface area contributed by atoms with E-state index in [0.717, 1.165) is 23.0 Å². The Morgan fingerprint density at radius 3 is 2.30 bits per heavy atom. The molecule has 0 amide bonds. The largest absolute Gasteiger partial charge is 0.383 e. The van der Waals surface area contributed by atoms with Crippen LogP contribution in [-0.2, 0) is 23.7 Å². The van der Waals surface area contributed by atoms with Gasteiger partial charge in [0.05, 0.1) is 0 Å². The molecule has 0 aromatic carbocycles. The number of hydrogen-bond donors (Lipinski definition) is 0. The van der Waals surface area contributed by atoms with Crippen molar-refractivity contribution in [2.45, 2.75) is 31.1 Å². The first-order valence-corrected chi connectivity index (χ1v) is 9.37. The summed E-state index contributed by atoms with van der Waals surface area (Å²) in [4.78, 5) is 21.4. The van der Waals surface area contributed by atoms with Crippen LogP contribution in [0.3, 0.4) is 0 Å². The van der Waals surface area contributed by atoms with E-state index in [1.165, 1.54) is 20.3 Å². The molecule has 1 rings (SSSR count). The van der Waals surface area contributed by atoms with Gasteiger partial charge in [-0.3, -0.25) is 4.79 Å². The summed E-state index contributed by atoms with van der Waals surface area (Å²) in [6, 6.07) is 1.80. The Morgan fingerprint density at radius 2 is 1.81 bits per heavy atom. The maximum atomic E-state index is 11.1. The summed E-state index contributed by atoms with van der Waals surface area (Å²) in [5, 5.41) is 0.772. The summed E-state index contributed by atoms with van der Waals surface area (Å²) in [7, 11) is 9.70. The minimum atomic E-state index is -0.791. The minimum absolute atomic E-state index is 0.200. The van der Waals surface area contributed by atoms with E-state index in [-0.39, 0.29) is 5.78 Å². The average Bonchev–Trinajstić information content (AvgIpc) is 2.67. The van der Waals surface area contributed by atoms with Crippen molar-refractivity contribution in [2.75, 3.05) is 48.3 Å². The molecule has 27 heavy (non-hydrogen) atoms. The first kappa shape index (κ1) is 25.5. The van der Waals surface area contributed by atoms with Crippen molar-refractivity contribution in [3.63, 3.8) is 0 Å². The third-order valence-electron chi connectivity index (χ3n) is 2.96. The summed E-state index contributed by atoms with van der Waals surface area (Å²) >= 11 is 1.64. The van der Waals surface area contributed by atoms with Crippen LogP contribution in [0.25, 0.3) is 0 Å². The number of carbonyl (C=O) groups is 1. The van der Waals surface area contributed by atoms with Crippen molar-refractivity contribution in [3.8, 4) is 0 Å². The van der Waals surface area contributed by atoms with Crippen molar-refractivity contribution >= 4 is 17.5 Å². The van der Waals surface area contributed by atoms with Gasteiger partial charge in [0, 0.05) is 66.8 Å². The lowest BCUT2D eigenvalue weighted by Gasteiger charge is -2.12. The standard InChI is InChI=1S/C10H16N2O2S.C8H15NO3/c1-4-7-15-10-11-6-5-8(12-10)9(13-2)14-3;1-9(2)6-5-7(10)8(11-3)12-4/h5-6,9H,4,7H2,1-3H3;5-6,8H,1-4H3/b;6-5+. The zero-order valence-corrected chi connectivity index (χ0v) is 18.0. The molecule has 0 aliphatic rings. The topological polar surface area (TPSA) is 83.0 Å². The summed E-state index contributed by atoms with van der Waals surface area (Å²) in [5.74, 6) is 0.822. The zero-order valence-electron chi connectivity index (χ0n) is 17.2. The molecule has 0 N–H and O–H groups in total. The summed E-state index contributed by atoms with van der Waals surface area (Å²) in [6.07, 6.45) is 4.70. The van der Waals surface area contributed by atoms with E-state index < -0.39 is 12.6 Å². The quantitative estimate of drug-likeness (QED) is 0.240. The highest BCUT2D eigenvalue weighted by atomic mass is 32.2. The van der Waals surface area contributed by atoms with Gasteiger partial charge in [-0.1, -0.05) is 18.7 Å². The first-order valence-electron chi connectivity index (χ1n) is 8.38. The van der Waals surface area contributed by atoms with Crippen molar-refractivity contribution in [1.82, 2.24) is 14.9 Å². The van der Waals surface area contributed by atoms with Crippen LogP contribution in [0.1, 0.15) is 25.3 Å². The van der Waals surface area contributed by atoms with Crippen LogP contribution in [0.2, 0.25) is 0 Å². The van der Waals surface area contributed by atoms with Crippen LogP contribution in [0.4, 0.5) is 0 Å². The van der Waals surface area contributed by atoms with Crippen molar-refractivity contribution in [1.29, 1.82) is 0 Å². The molecule has 0 aliphatic heterocycles. The van der Waals surface area contributed by atoms with Crippen LogP contribution in [-0.4, -0.2) is 75.2 Å². The number of thioether (sulfide) groups is 1. The SMILES string of the molecule is CCCSc1nccc(C(OC)OC)n1.COC(OC)C(=O)/C=C/N(C)C. The first-order chi connectivity index (χ1) is 12.9. The third-order valence-corrected chi connectivity index (χ3v) is 4.02. The Hall–Kier alpha value is -1.52. The predicted molar refractivity (Wildman–Crippen MR) is 105 cm³/mol. The number of rotatable bonds is 11. The molecule has 1 aromatic heterocycles. The van der Waals surface area contributed by atoms with Gasteiger partial charge < -0.3 is 23.8 Å². The van der Waals surface area contributed by atoms with Crippen LogP contribution < -0.4 is 0 Å². The molecule has 1 heterocycles. The summed E-state index contributed by atoms with van der Waals surface area (Å²) in [5.41, 5.74) is 0.758. The fraction of sp³-hybridized carbons (Fsp3) is 0.611. The average molecular weight is 402 g/mol. The Morgan fingerprint density at radius 1 is 1.19 bits per heavy atom. The van der Waals surface area contributed by atoms with E-state index in [9.17, 15) is 4.79 Å². The molecule has 0 bridgehead atoms. The predicted octanol–water partition coefficient (Wildman–Crippen LogP) is 2.52. The smallest absolute Gasteiger partial charge is 0.221 e. The van der Waals surface area contributed by atoms with Gasteiger partial charge in [-0.25, -0.2) is 9.97 Å². The number of carbonyl (C=O) groups excluding carboxylic acids is 1. The highest BCUT2D eigenvalue weighted by Crippen LogP contribution is 2.18. The molecule has 9 heteroatoms. The summed E-state index contributed by atoms with van der Waals surface area (Å²) in [6.45, 7) is 2.13. The number of aromatic nitrogens is 2. The molecule has 0 radical (unpaired) electrons. The van der Waals surface area contributed by atoms with Crippen LogP contribution in [0.15, 0.2) is 29.7 Å². The van der Waals surface area contributed by atoms with Gasteiger partial charge in [0.15, 0.2) is 5.16 Å². The number of methoxy groups -OCH3 is 4. The van der Waals surface area contributed by atoms with E-state index in [4.69, 9.17) is 18.9 Å². The number of hydrogen-bond acceptors (Lipinski definition) is 9. The molecule has 8 nitrogen and oxygen atoms in total. The van der Waals surface area contributed by atoms with E-state index in [0.29, 0.717) is 0 Å². The highest BCUT2D eigenvalue weighted by Gasteiger charge is 2.12. The minimum Gasteiger partial charge on any atom is -0.383 e. The molecule has 0 saturated carbocycles. The monoisotopic (exact) mass is 401 g/mol. The zero-order chi connectivity index (χ0) is 20.7. The Bertz CT molecular complexity index is 550. The summed E-state index contributed by atoms with van der Waals surface area (Å²) < 4.78 is 19.8. The van der Waals surface area contributed by atoms with Crippen molar-refractivity contribution < 1.29 is 23.7 Å². The lowest BCUT2D eigenvalue weighted by atomic mass is 10.3. The molecule has 0 aliphatic carbocycles. The van der Waals surface area contributed by atoms with Crippen LogP contribution in [0, 0.1) is 0 Å². The van der Waals surface area contributed by atoms with E-state index in [2.05, 4.69) is 16.9 Å². The Balaban J connectivity index is 0.000000516. The molecule has 0 unspecified atom stereocenters. The van der Waals surface area contributed by atoms with Gasteiger partial charge in [0.25, 0.3) is 0 Å². The Kier molecular flexibility index (Phi) is 14.7. The fourth-order valence-electron chi connectivity index (χ4n) is 1.72. The fourth-order valence-corrected chi connectivity index (χ4v) is 2.41. The van der Waals surface area contributed by atoms with E-state index in [1.54, 1.807) is 49.3 Å². The van der Waals surface area contributed by atoms with Crippen molar-refractivity contribution in [3.05, 3.63) is 30.2 Å². The molecule has 0 atom stereocenters. The second kappa shape index (κ2) is 15.5. The number of nitrogens with zero attached hydrogens (tertiary/aromatic N) is 3. The lowest BCUT2D eigenvalue weighted by molar-refractivity contribution is -0.151. The lowest BCUT2D eigenvalue weighted by Crippen LogP contribution is -2.23. The number of ketones is 1. The molecule has 154 valence electrons. The normalized spacial score (nSPS) is 11.0. The van der Waals surface area contributed by atoms with Crippen LogP contribution >= 0.6 is 11.8 Å². The third kappa shape index (κ3) is 11.0. The molecular formula is C18H31N3O5S. The Labute approximate surface area is 166 Å². The van der Waals surface area contributed by atoms with Gasteiger partial charge >= 0.3 is 0 Å². The van der Waals surface area contributed by atoms with E-state index in [1.807, 2.05) is 14.1 Å². The van der Waals surface area contributed by atoms with Gasteiger partial charge in [-0.05, 0) is 12.5 Å². The molecular weight excluding hydrogens is 370 g/mol. The van der Waals surface area contributed by atoms with Gasteiger partial charge in [-0.2, -0.15) is 0 Å². The molecule has 0 saturated heterocycles. The second-order valence-corrected chi connectivity index (χ2v) is 6.46. The van der Waals surface area contributed by atoms with Gasteiger partial charge in [0.1, 0.15) is 5.69 Å².